The fourth-order valence-corrected chi connectivity index (χ4v) is 5.92. The number of nitrogens with one attached hydrogen (secondary N) is 1. The second kappa shape index (κ2) is 8.32. The molecule has 2 heterocycles. The second-order valence-corrected chi connectivity index (χ2v) is 10.1. The van der Waals surface area contributed by atoms with E-state index in [1.54, 1.807) is 15.9 Å². The smallest absolute Gasteiger partial charge is 0.267 e. The topological polar surface area (TPSA) is 64.0 Å². The molecular formula is C22H25N3O2S2. The number of nitrogens with zero attached hydrogens (tertiary/aromatic N) is 2. The molecule has 1 aromatic carbocycles. The molecule has 4 rings (SSSR count). The van der Waals surface area contributed by atoms with Crippen LogP contribution < -0.4 is 10.9 Å². The molecule has 1 atom stereocenters. The van der Waals surface area contributed by atoms with E-state index in [1.165, 1.54) is 28.6 Å². The van der Waals surface area contributed by atoms with E-state index in [0.29, 0.717) is 5.16 Å². The highest BCUT2D eigenvalue weighted by molar-refractivity contribution is 8.00. The molecule has 1 unspecified atom stereocenters. The van der Waals surface area contributed by atoms with E-state index < -0.39 is 0 Å². The summed E-state index contributed by atoms with van der Waals surface area (Å²) >= 11 is 2.98. The molecule has 0 saturated heterocycles. The molecular weight excluding hydrogens is 402 g/mol. The van der Waals surface area contributed by atoms with E-state index in [1.807, 2.05) is 51.1 Å². The Balaban J connectivity index is 1.86. The van der Waals surface area contributed by atoms with Gasteiger partial charge in [0.25, 0.3) is 5.56 Å². The van der Waals surface area contributed by atoms with Gasteiger partial charge < -0.3 is 5.32 Å². The highest BCUT2D eigenvalue weighted by Gasteiger charge is 2.25. The number of amides is 1. The number of para-hydroxylation sites is 1. The maximum absolute atomic E-state index is 13.6. The van der Waals surface area contributed by atoms with Crippen LogP contribution in [0.15, 0.2) is 40.3 Å². The Hall–Kier alpha value is -2.12. The molecule has 0 aliphatic heterocycles. The molecule has 0 saturated carbocycles. The summed E-state index contributed by atoms with van der Waals surface area (Å²) < 4.78 is 1.67. The lowest BCUT2D eigenvalue weighted by atomic mass is 9.97. The van der Waals surface area contributed by atoms with E-state index in [4.69, 9.17) is 4.98 Å². The summed E-state index contributed by atoms with van der Waals surface area (Å²) in [6.45, 7) is 5.73. The van der Waals surface area contributed by atoms with Crippen LogP contribution in [-0.2, 0) is 17.6 Å². The molecule has 1 N–H and O–H groups in total. The van der Waals surface area contributed by atoms with Gasteiger partial charge in [-0.25, -0.2) is 4.98 Å². The lowest BCUT2D eigenvalue weighted by molar-refractivity contribution is -0.120. The number of hydrogen-bond acceptors (Lipinski definition) is 5. The molecule has 29 heavy (non-hydrogen) atoms. The Bertz CT molecular complexity index is 1100. The van der Waals surface area contributed by atoms with Crippen LogP contribution in [0.5, 0.6) is 0 Å². The molecule has 3 aromatic rings. The largest absolute Gasteiger partial charge is 0.353 e. The van der Waals surface area contributed by atoms with Crippen molar-refractivity contribution in [2.24, 2.45) is 0 Å². The predicted molar refractivity (Wildman–Crippen MR) is 120 cm³/mol. The van der Waals surface area contributed by atoms with Gasteiger partial charge in [0.05, 0.1) is 16.3 Å². The Morgan fingerprint density at radius 1 is 1.17 bits per heavy atom. The van der Waals surface area contributed by atoms with Crippen LogP contribution in [0.4, 0.5) is 0 Å². The number of aromatic nitrogens is 2. The van der Waals surface area contributed by atoms with Gasteiger partial charge in [-0.05, 0) is 64.2 Å². The van der Waals surface area contributed by atoms with Crippen molar-refractivity contribution in [3.05, 3.63) is 51.1 Å². The Morgan fingerprint density at radius 3 is 2.62 bits per heavy atom. The maximum atomic E-state index is 13.6. The van der Waals surface area contributed by atoms with Crippen LogP contribution in [0.25, 0.3) is 15.9 Å². The number of thioether (sulfide) groups is 1. The summed E-state index contributed by atoms with van der Waals surface area (Å²) in [5.74, 6) is -0.0515. The van der Waals surface area contributed by atoms with E-state index in [2.05, 4.69) is 5.32 Å². The third-order valence-corrected chi connectivity index (χ3v) is 7.29. The third-order valence-electron chi connectivity index (χ3n) is 5.05. The highest BCUT2D eigenvalue weighted by Crippen LogP contribution is 2.35. The standard InChI is InChI=1S/C22H25N3O2S2/c1-13(2)23-19(26)14(3)28-22-24-20-18(16-11-7-8-12-17(16)29-20)21(27)25(22)15-9-5-4-6-10-15/h4-6,9-10,13-14H,7-8,11-12H2,1-3H3,(H,23,26). The van der Waals surface area contributed by atoms with Crippen LogP contribution >= 0.6 is 23.1 Å². The quantitative estimate of drug-likeness (QED) is 0.486. The molecule has 1 aliphatic rings. The molecule has 2 aromatic heterocycles. The number of benzene rings is 1. The van der Waals surface area contributed by atoms with Gasteiger partial charge in [-0.1, -0.05) is 30.0 Å². The summed E-state index contributed by atoms with van der Waals surface area (Å²) in [7, 11) is 0. The Kier molecular flexibility index (Phi) is 5.79. The number of rotatable bonds is 5. The van der Waals surface area contributed by atoms with Crippen LogP contribution in [-0.4, -0.2) is 26.8 Å². The minimum atomic E-state index is -0.355. The van der Waals surface area contributed by atoms with Crippen molar-refractivity contribution in [2.45, 2.75) is 62.9 Å². The van der Waals surface area contributed by atoms with Gasteiger partial charge in [0, 0.05) is 10.9 Å². The Labute approximate surface area is 178 Å². The molecule has 0 spiro atoms. The van der Waals surface area contributed by atoms with Gasteiger partial charge in [-0.2, -0.15) is 0 Å². The van der Waals surface area contributed by atoms with Gasteiger partial charge in [-0.15, -0.1) is 11.3 Å². The van der Waals surface area contributed by atoms with Crippen molar-refractivity contribution >= 4 is 39.2 Å². The van der Waals surface area contributed by atoms with Crippen molar-refractivity contribution in [2.75, 3.05) is 0 Å². The summed E-state index contributed by atoms with van der Waals surface area (Å²) in [5.41, 5.74) is 1.93. The van der Waals surface area contributed by atoms with Gasteiger partial charge in [0.15, 0.2) is 5.16 Å². The highest BCUT2D eigenvalue weighted by atomic mass is 32.2. The van der Waals surface area contributed by atoms with Crippen LogP contribution in [0, 0.1) is 0 Å². The second-order valence-electron chi connectivity index (χ2n) is 7.68. The van der Waals surface area contributed by atoms with Crippen molar-refractivity contribution in [3.8, 4) is 5.69 Å². The van der Waals surface area contributed by atoms with Gasteiger partial charge in [-0.3, -0.25) is 14.2 Å². The SMILES string of the molecule is CC(C)NC(=O)C(C)Sc1nc2sc3c(c2c(=O)n1-c1ccccc1)CCCC3. The first kappa shape index (κ1) is 20.2. The zero-order valence-corrected chi connectivity index (χ0v) is 18.5. The summed E-state index contributed by atoms with van der Waals surface area (Å²) in [4.78, 5) is 33.1. The fraction of sp³-hybridized carbons (Fsp3) is 0.409. The van der Waals surface area contributed by atoms with Gasteiger partial charge >= 0.3 is 0 Å². The minimum absolute atomic E-state index is 0.0282. The average Bonchev–Trinajstić information content (AvgIpc) is 3.06. The monoisotopic (exact) mass is 427 g/mol. The lowest BCUT2D eigenvalue weighted by Gasteiger charge is -2.17. The number of thiophene rings is 1. The zero-order chi connectivity index (χ0) is 20.5. The lowest BCUT2D eigenvalue weighted by Crippen LogP contribution is -2.36. The van der Waals surface area contributed by atoms with Gasteiger partial charge in [0.2, 0.25) is 5.91 Å². The normalized spacial score (nSPS) is 14.8. The molecule has 7 heteroatoms. The van der Waals surface area contributed by atoms with Crippen LogP contribution in [0.2, 0.25) is 0 Å². The fourth-order valence-electron chi connectivity index (χ4n) is 3.68. The molecule has 0 bridgehead atoms. The summed E-state index contributed by atoms with van der Waals surface area (Å²) in [6.07, 6.45) is 4.25. The van der Waals surface area contributed by atoms with Crippen molar-refractivity contribution in [1.29, 1.82) is 0 Å². The number of carbonyl (C=O) groups is 1. The molecule has 0 fully saturated rings. The van der Waals surface area contributed by atoms with E-state index >= 15 is 0 Å². The van der Waals surface area contributed by atoms with Crippen LogP contribution in [0.3, 0.4) is 0 Å². The minimum Gasteiger partial charge on any atom is -0.353 e. The molecule has 1 amide bonds. The summed E-state index contributed by atoms with van der Waals surface area (Å²) in [6, 6.07) is 9.66. The van der Waals surface area contributed by atoms with Gasteiger partial charge in [0.1, 0.15) is 4.83 Å². The molecule has 1 aliphatic carbocycles. The molecule has 5 nitrogen and oxygen atoms in total. The number of fused-ring (bicyclic) bond motifs is 3. The number of carbonyl (C=O) groups excluding carboxylic acids is 1. The zero-order valence-electron chi connectivity index (χ0n) is 16.9. The number of hydrogen-bond donors (Lipinski definition) is 1. The average molecular weight is 428 g/mol. The number of aryl methyl sites for hydroxylation is 2. The first-order valence-corrected chi connectivity index (χ1v) is 11.7. The predicted octanol–water partition coefficient (Wildman–Crippen LogP) is 4.33. The maximum Gasteiger partial charge on any atom is 0.267 e. The first-order chi connectivity index (χ1) is 14.0. The molecule has 152 valence electrons. The summed E-state index contributed by atoms with van der Waals surface area (Å²) in [5, 5.41) is 3.92. The third kappa shape index (κ3) is 3.98. The van der Waals surface area contributed by atoms with Crippen LogP contribution in [0.1, 0.15) is 44.1 Å². The van der Waals surface area contributed by atoms with E-state index in [9.17, 15) is 9.59 Å². The Morgan fingerprint density at radius 2 is 1.90 bits per heavy atom. The first-order valence-electron chi connectivity index (χ1n) is 10.1. The van der Waals surface area contributed by atoms with E-state index in [0.717, 1.165) is 35.2 Å². The van der Waals surface area contributed by atoms with Crippen molar-refractivity contribution in [1.82, 2.24) is 14.9 Å². The molecule has 0 radical (unpaired) electrons. The van der Waals surface area contributed by atoms with Crippen molar-refractivity contribution in [3.63, 3.8) is 0 Å². The van der Waals surface area contributed by atoms with Crippen molar-refractivity contribution < 1.29 is 4.79 Å². The van der Waals surface area contributed by atoms with E-state index in [-0.39, 0.29) is 22.8 Å².